The molecule has 1 heterocycles. The summed E-state index contributed by atoms with van der Waals surface area (Å²) in [7, 11) is 3.02. The van der Waals surface area contributed by atoms with Crippen molar-refractivity contribution in [2.24, 2.45) is 0 Å². The summed E-state index contributed by atoms with van der Waals surface area (Å²) < 4.78 is 10.7. The topological polar surface area (TPSA) is 67.9 Å². The minimum Gasteiger partial charge on any atom is -0.497 e. The minimum atomic E-state index is -0.461. The van der Waals surface area contributed by atoms with Crippen molar-refractivity contribution in [1.29, 1.82) is 0 Å². The molecule has 0 saturated heterocycles. The van der Waals surface area contributed by atoms with Crippen LogP contribution in [0.3, 0.4) is 0 Å². The van der Waals surface area contributed by atoms with Crippen LogP contribution in [0, 0.1) is 6.92 Å². The third-order valence-electron chi connectivity index (χ3n) is 5.06. The molecule has 0 spiro atoms. The minimum absolute atomic E-state index is 0.215. The highest BCUT2D eigenvalue weighted by Crippen LogP contribution is 2.39. The molecule has 6 nitrogen and oxygen atoms in total. The van der Waals surface area contributed by atoms with Crippen molar-refractivity contribution in [2.75, 3.05) is 24.4 Å². The Labute approximate surface area is 180 Å². The summed E-state index contributed by atoms with van der Waals surface area (Å²) in [6.45, 7) is 1.96. The number of aryl methyl sites for hydroxylation is 1. The van der Waals surface area contributed by atoms with E-state index in [1.165, 1.54) is 14.2 Å². The average Bonchev–Trinajstić information content (AvgIpc) is 3.03. The number of benzene rings is 3. The number of hydrogen-bond acceptors (Lipinski definition) is 5. The summed E-state index contributed by atoms with van der Waals surface area (Å²) in [5.41, 5.74) is 3.26. The first-order chi connectivity index (χ1) is 15.0. The molecule has 0 aromatic heterocycles. The van der Waals surface area contributed by atoms with E-state index in [1.54, 1.807) is 18.2 Å². The smallest absolute Gasteiger partial charge is 0.282 e. The van der Waals surface area contributed by atoms with Crippen molar-refractivity contribution in [1.82, 2.24) is 0 Å². The molecule has 0 saturated carbocycles. The Morgan fingerprint density at radius 3 is 2.26 bits per heavy atom. The highest BCUT2D eigenvalue weighted by atomic mass is 16.5. The first-order valence-corrected chi connectivity index (χ1v) is 9.77. The van der Waals surface area contributed by atoms with Crippen LogP contribution in [-0.4, -0.2) is 26.0 Å². The van der Waals surface area contributed by atoms with Gasteiger partial charge in [0.2, 0.25) is 0 Å². The van der Waals surface area contributed by atoms with E-state index in [1.807, 2.05) is 61.5 Å². The molecular weight excluding hydrogens is 392 g/mol. The van der Waals surface area contributed by atoms with Crippen molar-refractivity contribution in [3.05, 3.63) is 89.6 Å². The third kappa shape index (κ3) is 3.75. The van der Waals surface area contributed by atoms with E-state index in [4.69, 9.17) is 9.47 Å². The van der Waals surface area contributed by atoms with Crippen molar-refractivity contribution >= 4 is 28.8 Å². The maximum absolute atomic E-state index is 13.6. The summed E-state index contributed by atoms with van der Waals surface area (Å²) in [6, 6.07) is 21.8. The van der Waals surface area contributed by atoms with Crippen LogP contribution in [0.5, 0.6) is 11.5 Å². The van der Waals surface area contributed by atoms with E-state index in [0.29, 0.717) is 28.3 Å². The summed E-state index contributed by atoms with van der Waals surface area (Å²) >= 11 is 0. The maximum Gasteiger partial charge on any atom is 0.282 e. The highest BCUT2D eigenvalue weighted by molar-refractivity contribution is 6.46. The second-order valence-corrected chi connectivity index (χ2v) is 7.09. The molecular formula is C25H22N2O4. The van der Waals surface area contributed by atoms with Crippen LogP contribution >= 0.6 is 0 Å². The summed E-state index contributed by atoms with van der Waals surface area (Å²) in [5, 5.41) is 3.17. The quantitative estimate of drug-likeness (QED) is 0.605. The highest BCUT2D eigenvalue weighted by Gasteiger charge is 2.41. The van der Waals surface area contributed by atoms with Gasteiger partial charge < -0.3 is 14.8 Å². The van der Waals surface area contributed by atoms with Gasteiger partial charge in [0.15, 0.2) is 0 Å². The van der Waals surface area contributed by atoms with Gasteiger partial charge in [-0.25, -0.2) is 4.90 Å². The Morgan fingerprint density at radius 2 is 1.58 bits per heavy atom. The van der Waals surface area contributed by atoms with Crippen LogP contribution in [-0.2, 0) is 9.59 Å². The predicted octanol–water partition coefficient (Wildman–Crippen LogP) is 4.41. The molecule has 4 rings (SSSR count). The number of hydrogen-bond donors (Lipinski definition) is 1. The van der Waals surface area contributed by atoms with E-state index in [2.05, 4.69) is 5.32 Å². The molecule has 31 heavy (non-hydrogen) atoms. The van der Waals surface area contributed by atoms with Crippen molar-refractivity contribution in [2.45, 2.75) is 6.92 Å². The molecule has 2 amide bonds. The van der Waals surface area contributed by atoms with Crippen LogP contribution in [0.4, 0.5) is 11.4 Å². The summed E-state index contributed by atoms with van der Waals surface area (Å²) in [5.74, 6) is 0.0132. The van der Waals surface area contributed by atoms with Gasteiger partial charge in [0.25, 0.3) is 11.8 Å². The summed E-state index contributed by atoms with van der Waals surface area (Å²) in [4.78, 5) is 28.2. The van der Waals surface area contributed by atoms with Gasteiger partial charge in [-0.3, -0.25) is 9.59 Å². The first-order valence-electron chi connectivity index (χ1n) is 9.77. The molecule has 0 aliphatic carbocycles. The lowest BCUT2D eigenvalue weighted by Crippen LogP contribution is -2.32. The maximum atomic E-state index is 13.6. The Balaban J connectivity index is 1.85. The lowest BCUT2D eigenvalue weighted by Gasteiger charge is -2.19. The molecule has 0 bridgehead atoms. The Kier molecular flexibility index (Phi) is 5.45. The van der Waals surface area contributed by atoms with Gasteiger partial charge in [-0.05, 0) is 42.3 Å². The SMILES string of the molecule is COc1ccc(OC)c(N2C(=O)C(Nc3cccc(C)c3)=C(c3ccccc3)C2=O)c1. The summed E-state index contributed by atoms with van der Waals surface area (Å²) in [6.07, 6.45) is 0. The monoisotopic (exact) mass is 414 g/mol. The van der Waals surface area contributed by atoms with E-state index < -0.39 is 11.8 Å². The second-order valence-electron chi connectivity index (χ2n) is 7.09. The molecule has 1 aliphatic rings. The third-order valence-corrected chi connectivity index (χ3v) is 5.06. The van der Waals surface area contributed by atoms with Gasteiger partial charge >= 0.3 is 0 Å². The molecule has 3 aromatic carbocycles. The van der Waals surface area contributed by atoms with Gasteiger partial charge in [-0.1, -0.05) is 42.5 Å². The first kappa shape index (κ1) is 20.2. The zero-order valence-electron chi connectivity index (χ0n) is 17.5. The fourth-order valence-corrected chi connectivity index (χ4v) is 3.58. The number of rotatable bonds is 6. The standard InChI is InChI=1S/C25H22N2O4/c1-16-8-7-11-18(14-16)26-23-22(17-9-5-4-6-10-17)24(28)27(25(23)29)20-15-19(30-2)12-13-21(20)31-3/h4-15,26H,1-3H3. The molecule has 0 atom stereocenters. The van der Waals surface area contributed by atoms with Gasteiger partial charge in [0.05, 0.1) is 25.5 Å². The van der Waals surface area contributed by atoms with Crippen LogP contribution in [0.1, 0.15) is 11.1 Å². The van der Waals surface area contributed by atoms with E-state index >= 15 is 0 Å². The fourth-order valence-electron chi connectivity index (χ4n) is 3.58. The zero-order valence-corrected chi connectivity index (χ0v) is 17.5. The lowest BCUT2D eigenvalue weighted by molar-refractivity contribution is -0.120. The van der Waals surface area contributed by atoms with Gasteiger partial charge in [-0.2, -0.15) is 0 Å². The lowest BCUT2D eigenvalue weighted by atomic mass is 10.0. The molecule has 1 aliphatic heterocycles. The molecule has 0 unspecified atom stereocenters. The van der Waals surface area contributed by atoms with Crippen LogP contribution in [0.2, 0.25) is 0 Å². The largest absolute Gasteiger partial charge is 0.497 e. The van der Waals surface area contributed by atoms with E-state index in [9.17, 15) is 9.59 Å². The zero-order chi connectivity index (χ0) is 22.0. The Hall–Kier alpha value is -4.06. The van der Waals surface area contributed by atoms with Gasteiger partial charge in [0.1, 0.15) is 17.2 Å². The number of imide groups is 1. The van der Waals surface area contributed by atoms with Crippen molar-refractivity contribution < 1.29 is 19.1 Å². The van der Waals surface area contributed by atoms with E-state index in [-0.39, 0.29) is 5.70 Å². The molecule has 3 aromatic rings. The van der Waals surface area contributed by atoms with Crippen LogP contribution < -0.4 is 19.7 Å². The number of anilines is 2. The Bertz CT molecular complexity index is 1190. The van der Waals surface area contributed by atoms with Crippen LogP contribution in [0.15, 0.2) is 78.5 Å². The molecule has 1 N–H and O–H groups in total. The number of ether oxygens (including phenoxy) is 2. The van der Waals surface area contributed by atoms with Gasteiger partial charge in [-0.15, -0.1) is 0 Å². The van der Waals surface area contributed by atoms with Gasteiger partial charge in [0, 0.05) is 11.8 Å². The number of nitrogens with zero attached hydrogens (tertiary/aromatic N) is 1. The fraction of sp³-hybridized carbons (Fsp3) is 0.120. The number of amides is 2. The number of nitrogens with one attached hydrogen (secondary N) is 1. The number of carbonyl (C=O) groups excluding carboxylic acids is 2. The molecule has 156 valence electrons. The van der Waals surface area contributed by atoms with Crippen molar-refractivity contribution in [3.8, 4) is 11.5 Å². The second kappa shape index (κ2) is 8.36. The number of methoxy groups -OCH3 is 2. The normalized spacial score (nSPS) is 13.6. The predicted molar refractivity (Wildman–Crippen MR) is 120 cm³/mol. The molecule has 0 fully saturated rings. The average molecular weight is 414 g/mol. The van der Waals surface area contributed by atoms with E-state index in [0.717, 1.165) is 16.2 Å². The van der Waals surface area contributed by atoms with Crippen molar-refractivity contribution in [3.63, 3.8) is 0 Å². The molecule has 0 radical (unpaired) electrons. The molecule has 6 heteroatoms. The van der Waals surface area contributed by atoms with Crippen LogP contribution in [0.25, 0.3) is 5.57 Å². The number of carbonyl (C=O) groups is 2. The Morgan fingerprint density at radius 1 is 0.806 bits per heavy atom.